The Balaban J connectivity index is 1.81. The summed E-state index contributed by atoms with van der Waals surface area (Å²) in [4.78, 5) is 23.2. The molecule has 1 fully saturated rings. The maximum atomic E-state index is 12.3. The minimum Gasteiger partial charge on any atom is -0.478 e. The van der Waals surface area contributed by atoms with E-state index in [1.54, 1.807) is 24.3 Å². The van der Waals surface area contributed by atoms with Gasteiger partial charge in [-0.05, 0) is 55.5 Å². The predicted octanol–water partition coefficient (Wildman–Crippen LogP) is 4.04. The minimum atomic E-state index is -0.934. The molecule has 0 unspecified atom stereocenters. The molecule has 0 saturated heterocycles. The fraction of sp³-hybridized carbons (Fsp3) is 0.300. The number of hydrogen-bond donors (Lipinski definition) is 1. The van der Waals surface area contributed by atoms with E-state index in [0.29, 0.717) is 0 Å². The zero-order valence-electron chi connectivity index (χ0n) is 13.8. The highest BCUT2D eigenvalue weighted by atomic mass is 16.5. The second-order valence-electron chi connectivity index (χ2n) is 6.50. The summed E-state index contributed by atoms with van der Waals surface area (Å²) in [6, 6.07) is 14.6. The molecular weight excluding hydrogens is 304 g/mol. The number of carboxylic acid groups (broad SMARTS) is 1. The second kappa shape index (κ2) is 6.11. The Kier molecular flexibility index (Phi) is 4.14. The Morgan fingerprint density at radius 3 is 1.88 bits per heavy atom. The van der Waals surface area contributed by atoms with Crippen LogP contribution in [0.5, 0.6) is 0 Å². The lowest BCUT2D eigenvalue weighted by Crippen LogP contribution is -2.25. The summed E-state index contributed by atoms with van der Waals surface area (Å²) in [6.45, 7) is 3.72. The zero-order valence-corrected chi connectivity index (χ0v) is 13.8. The van der Waals surface area contributed by atoms with Crippen molar-refractivity contribution < 1.29 is 19.4 Å². The van der Waals surface area contributed by atoms with E-state index >= 15 is 0 Å². The maximum absolute atomic E-state index is 12.3. The van der Waals surface area contributed by atoms with Crippen LogP contribution in [0.15, 0.2) is 48.5 Å². The largest absolute Gasteiger partial charge is 0.478 e. The Hall–Kier alpha value is -2.62. The molecule has 0 atom stereocenters. The van der Waals surface area contributed by atoms with Crippen molar-refractivity contribution in [2.24, 2.45) is 0 Å². The summed E-state index contributed by atoms with van der Waals surface area (Å²) in [5.74, 6) is -1.08. The van der Waals surface area contributed by atoms with Crippen LogP contribution in [0.25, 0.3) is 11.1 Å². The van der Waals surface area contributed by atoms with Crippen LogP contribution >= 0.6 is 0 Å². The first-order chi connectivity index (χ1) is 11.4. The monoisotopic (exact) mass is 324 g/mol. The predicted molar refractivity (Wildman–Crippen MR) is 91.0 cm³/mol. The molecule has 4 heteroatoms. The van der Waals surface area contributed by atoms with Crippen LogP contribution in [-0.4, -0.2) is 23.1 Å². The molecule has 24 heavy (non-hydrogen) atoms. The third-order valence-corrected chi connectivity index (χ3v) is 4.39. The van der Waals surface area contributed by atoms with E-state index in [1.807, 2.05) is 38.1 Å². The molecule has 2 aromatic carbocycles. The van der Waals surface area contributed by atoms with E-state index in [4.69, 9.17) is 9.84 Å². The van der Waals surface area contributed by atoms with Gasteiger partial charge in [0.2, 0.25) is 0 Å². The molecule has 0 bridgehead atoms. The van der Waals surface area contributed by atoms with Crippen molar-refractivity contribution in [1.82, 2.24) is 0 Å². The molecule has 0 spiro atoms. The van der Waals surface area contributed by atoms with Gasteiger partial charge in [-0.2, -0.15) is 0 Å². The standard InChI is InChI=1S/C20H20O4/c1-13(2)24-19(23)20(11-12-20)17-9-7-15(8-10-17)14-3-5-16(6-4-14)18(21)22/h3-10,13H,11-12H2,1-2H3,(H,21,22). The van der Waals surface area contributed by atoms with Gasteiger partial charge in [0, 0.05) is 0 Å². The van der Waals surface area contributed by atoms with E-state index in [1.165, 1.54) is 0 Å². The fourth-order valence-electron chi connectivity index (χ4n) is 2.85. The molecular formula is C20H20O4. The van der Waals surface area contributed by atoms with E-state index in [2.05, 4.69) is 0 Å². The number of carboxylic acids is 1. The Labute approximate surface area is 141 Å². The van der Waals surface area contributed by atoms with E-state index in [0.717, 1.165) is 29.5 Å². The number of rotatable bonds is 5. The van der Waals surface area contributed by atoms with Gasteiger partial charge in [-0.25, -0.2) is 4.79 Å². The van der Waals surface area contributed by atoms with Gasteiger partial charge in [0.25, 0.3) is 0 Å². The van der Waals surface area contributed by atoms with Gasteiger partial charge in [0.15, 0.2) is 0 Å². The molecule has 1 aliphatic carbocycles. The van der Waals surface area contributed by atoms with Gasteiger partial charge in [0.1, 0.15) is 0 Å². The number of carbonyl (C=O) groups excluding carboxylic acids is 1. The van der Waals surface area contributed by atoms with Crippen molar-refractivity contribution in [3.05, 3.63) is 59.7 Å². The van der Waals surface area contributed by atoms with Gasteiger partial charge < -0.3 is 9.84 Å². The fourth-order valence-corrected chi connectivity index (χ4v) is 2.85. The molecule has 1 aliphatic rings. The molecule has 1 saturated carbocycles. The van der Waals surface area contributed by atoms with Crippen molar-refractivity contribution >= 4 is 11.9 Å². The van der Waals surface area contributed by atoms with Gasteiger partial charge in [-0.3, -0.25) is 4.79 Å². The second-order valence-corrected chi connectivity index (χ2v) is 6.50. The lowest BCUT2D eigenvalue weighted by Gasteiger charge is -2.17. The van der Waals surface area contributed by atoms with Crippen molar-refractivity contribution in [2.75, 3.05) is 0 Å². The lowest BCUT2D eigenvalue weighted by atomic mass is 9.93. The third-order valence-electron chi connectivity index (χ3n) is 4.39. The summed E-state index contributed by atoms with van der Waals surface area (Å²) in [5.41, 5.74) is 2.71. The lowest BCUT2D eigenvalue weighted by molar-refractivity contribution is -0.150. The summed E-state index contributed by atoms with van der Waals surface area (Å²) >= 11 is 0. The first-order valence-electron chi connectivity index (χ1n) is 8.08. The quantitative estimate of drug-likeness (QED) is 0.843. The highest BCUT2D eigenvalue weighted by molar-refractivity contribution is 5.88. The summed E-state index contributed by atoms with van der Waals surface area (Å²) in [6.07, 6.45) is 1.54. The highest BCUT2D eigenvalue weighted by Crippen LogP contribution is 2.49. The highest BCUT2D eigenvalue weighted by Gasteiger charge is 2.52. The number of carbonyl (C=O) groups is 2. The van der Waals surface area contributed by atoms with Crippen LogP contribution in [0.4, 0.5) is 0 Å². The van der Waals surface area contributed by atoms with Crippen LogP contribution in [-0.2, 0) is 14.9 Å². The number of esters is 1. The smallest absolute Gasteiger partial charge is 0.335 e. The summed E-state index contributed by atoms with van der Waals surface area (Å²) < 4.78 is 5.39. The van der Waals surface area contributed by atoms with Crippen LogP contribution in [0.2, 0.25) is 0 Å². The molecule has 2 aromatic rings. The number of hydrogen-bond acceptors (Lipinski definition) is 3. The SMILES string of the molecule is CC(C)OC(=O)C1(c2ccc(-c3ccc(C(=O)O)cc3)cc2)CC1. The average molecular weight is 324 g/mol. The van der Waals surface area contributed by atoms with Crippen molar-refractivity contribution in [2.45, 2.75) is 38.2 Å². The van der Waals surface area contributed by atoms with Crippen molar-refractivity contribution in [1.29, 1.82) is 0 Å². The summed E-state index contributed by atoms with van der Waals surface area (Å²) in [5, 5.41) is 8.95. The van der Waals surface area contributed by atoms with Crippen LogP contribution in [0, 0.1) is 0 Å². The number of ether oxygens (including phenoxy) is 1. The Morgan fingerprint density at radius 2 is 1.46 bits per heavy atom. The molecule has 124 valence electrons. The van der Waals surface area contributed by atoms with Gasteiger partial charge in [-0.1, -0.05) is 36.4 Å². The molecule has 0 aromatic heterocycles. The van der Waals surface area contributed by atoms with E-state index < -0.39 is 11.4 Å². The molecule has 4 nitrogen and oxygen atoms in total. The maximum Gasteiger partial charge on any atom is 0.335 e. The average Bonchev–Trinajstić information content (AvgIpc) is 3.36. The molecule has 0 heterocycles. The van der Waals surface area contributed by atoms with Gasteiger partial charge in [-0.15, -0.1) is 0 Å². The zero-order chi connectivity index (χ0) is 17.3. The minimum absolute atomic E-state index is 0.109. The molecule has 0 aliphatic heterocycles. The van der Waals surface area contributed by atoms with E-state index in [9.17, 15) is 9.59 Å². The molecule has 1 N–H and O–H groups in total. The normalized spacial score (nSPS) is 15.1. The third kappa shape index (κ3) is 3.04. The van der Waals surface area contributed by atoms with Crippen molar-refractivity contribution in [3.8, 4) is 11.1 Å². The van der Waals surface area contributed by atoms with Crippen LogP contribution in [0.1, 0.15) is 42.6 Å². The topological polar surface area (TPSA) is 63.6 Å². The van der Waals surface area contributed by atoms with Gasteiger partial charge >= 0.3 is 11.9 Å². The van der Waals surface area contributed by atoms with Crippen LogP contribution in [0.3, 0.4) is 0 Å². The molecule has 0 radical (unpaired) electrons. The Bertz CT molecular complexity index is 753. The number of aromatic carboxylic acids is 1. The van der Waals surface area contributed by atoms with E-state index in [-0.39, 0.29) is 17.6 Å². The first-order valence-corrected chi connectivity index (χ1v) is 8.08. The van der Waals surface area contributed by atoms with Crippen molar-refractivity contribution in [3.63, 3.8) is 0 Å². The Morgan fingerprint density at radius 1 is 0.958 bits per heavy atom. The molecule has 3 rings (SSSR count). The van der Waals surface area contributed by atoms with Crippen LogP contribution < -0.4 is 0 Å². The summed E-state index contributed by atoms with van der Waals surface area (Å²) in [7, 11) is 0. The number of benzene rings is 2. The van der Waals surface area contributed by atoms with Gasteiger partial charge in [0.05, 0.1) is 17.1 Å². The first kappa shape index (κ1) is 16.2. The molecule has 0 amide bonds.